The minimum Gasteiger partial charge on any atom is -0.459 e. The van der Waals surface area contributed by atoms with Crippen molar-refractivity contribution in [3.05, 3.63) is 120 Å². The number of rotatable bonds is 7. The molecule has 1 N–H and O–H groups in total. The van der Waals surface area contributed by atoms with Crippen LogP contribution in [0.1, 0.15) is 76.9 Å². The second kappa shape index (κ2) is 28.1. The van der Waals surface area contributed by atoms with Gasteiger partial charge in [0.25, 0.3) is 0 Å². The van der Waals surface area contributed by atoms with E-state index in [2.05, 4.69) is 86.6 Å². The average Bonchev–Trinajstić information content (AvgIpc) is 3.07. The largest absolute Gasteiger partial charge is 0.459 e. The van der Waals surface area contributed by atoms with Crippen molar-refractivity contribution < 1.29 is 19.4 Å². The highest BCUT2D eigenvalue weighted by atomic mass is 16.5. The normalized spacial score (nSPS) is 9.71. The van der Waals surface area contributed by atoms with Crippen LogP contribution in [-0.2, 0) is 22.3 Å². The summed E-state index contributed by atoms with van der Waals surface area (Å²) in [5, 5.41) is 11.9. The van der Waals surface area contributed by atoms with Crippen molar-refractivity contribution in [3.63, 3.8) is 0 Å². The van der Waals surface area contributed by atoms with E-state index in [1.54, 1.807) is 24.3 Å². The summed E-state index contributed by atoms with van der Waals surface area (Å²) in [5.41, 5.74) is 3.33. The average molecular weight is 563 g/mol. The number of esters is 1. The number of aliphatic hydroxyl groups is 1. The lowest BCUT2D eigenvalue weighted by Crippen LogP contribution is -2.23. The number of hydrogen-bond donors (Lipinski definition) is 1. The molecule has 4 aromatic rings. The van der Waals surface area contributed by atoms with Crippen LogP contribution < -0.4 is 0 Å². The zero-order valence-electron chi connectivity index (χ0n) is 26.9. The van der Waals surface area contributed by atoms with Crippen molar-refractivity contribution in [2.75, 3.05) is 20.3 Å². The van der Waals surface area contributed by atoms with Gasteiger partial charge in [0.15, 0.2) is 0 Å². The topological polar surface area (TPSA) is 55.8 Å². The summed E-state index contributed by atoms with van der Waals surface area (Å²) in [6.45, 7) is 16.5. The molecule has 0 fully saturated rings. The maximum absolute atomic E-state index is 11.4. The van der Waals surface area contributed by atoms with E-state index in [0.717, 1.165) is 12.8 Å². The summed E-state index contributed by atoms with van der Waals surface area (Å²) in [7, 11) is 1.47. The lowest BCUT2D eigenvalue weighted by atomic mass is 10.1. The van der Waals surface area contributed by atoms with Gasteiger partial charge in [-0.2, -0.15) is 0 Å². The first-order valence-electron chi connectivity index (χ1n) is 15.0. The molecule has 4 nitrogen and oxygen atoms in total. The Hall–Kier alpha value is -3.47. The molecule has 4 aromatic carbocycles. The number of hydrogen-bond acceptors (Lipinski definition) is 4. The van der Waals surface area contributed by atoms with Crippen LogP contribution in [-0.4, -0.2) is 37.5 Å². The minimum absolute atomic E-state index is 0.0540. The monoisotopic (exact) mass is 562 g/mol. The van der Waals surface area contributed by atoms with Crippen molar-refractivity contribution in [1.29, 1.82) is 0 Å². The molecule has 0 aliphatic heterocycles. The molecule has 4 rings (SSSR count). The standard InChI is InChI=1S/C11H14O4.C10H8.C10H14.3C2H6/c1-14-7-10(12)8-15-11(13)9-5-3-2-4-6-9;1-2-6-10-8-4-3-7-9(10)5-1;1-3-9-5-7-10(4-2)8-6-9;3*1-2/h2-6,10,12H,7-8H2,1H3;1-8H;5-8H,3-4H2,1-2H3;3*1-2H3. The maximum atomic E-state index is 11.4. The SMILES string of the molecule is CC.CC.CC.CCc1ccc(CC)cc1.COCC(O)COC(=O)c1ccccc1.c1ccc2ccccc2c1. The van der Waals surface area contributed by atoms with Crippen LogP contribution in [0.15, 0.2) is 103 Å². The van der Waals surface area contributed by atoms with E-state index in [0.29, 0.717) is 5.56 Å². The number of methoxy groups -OCH3 is 1. The first-order valence-corrected chi connectivity index (χ1v) is 15.0. The maximum Gasteiger partial charge on any atom is 0.338 e. The molecule has 0 aliphatic carbocycles. The Kier molecular flexibility index (Phi) is 27.2. The molecule has 0 saturated carbocycles. The third-order valence-corrected chi connectivity index (χ3v) is 5.27. The van der Waals surface area contributed by atoms with E-state index < -0.39 is 12.1 Å². The van der Waals surface area contributed by atoms with Crippen LogP contribution in [0, 0.1) is 0 Å². The Morgan fingerprint density at radius 1 is 0.610 bits per heavy atom. The van der Waals surface area contributed by atoms with Gasteiger partial charge in [0, 0.05) is 7.11 Å². The summed E-state index contributed by atoms with van der Waals surface area (Å²) in [5.74, 6) is -0.439. The van der Waals surface area contributed by atoms with Gasteiger partial charge in [-0.15, -0.1) is 0 Å². The van der Waals surface area contributed by atoms with E-state index >= 15 is 0 Å². The molecule has 41 heavy (non-hydrogen) atoms. The van der Waals surface area contributed by atoms with Crippen LogP contribution in [0.3, 0.4) is 0 Å². The van der Waals surface area contributed by atoms with Gasteiger partial charge in [-0.25, -0.2) is 4.79 Å². The lowest BCUT2D eigenvalue weighted by molar-refractivity contribution is 0.000141. The predicted octanol–water partition coefficient (Wildman–Crippen LogP) is 9.58. The summed E-state index contributed by atoms with van der Waals surface area (Å²) in [6.07, 6.45) is 1.51. The second-order valence-electron chi connectivity index (χ2n) is 7.94. The third kappa shape index (κ3) is 18.5. The Morgan fingerprint density at radius 2 is 0.976 bits per heavy atom. The molecule has 0 aromatic heterocycles. The van der Waals surface area contributed by atoms with Gasteiger partial charge in [-0.05, 0) is 46.9 Å². The number of fused-ring (bicyclic) bond motifs is 1. The van der Waals surface area contributed by atoms with E-state index in [9.17, 15) is 9.90 Å². The van der Waals surface area contributed by atoms with Gasteiger partial charge in [0.1, 0.15) is 12.7 Å². The molecule has 4 heteroatoms. The Bertz CT molecular complexity index is 1020. The van der Waals surface area contributed by atoms with Crippen LogP contribution in [0.5, 0.6) is 0 Å². The molecule has 0 spiro atoms. The first-order chi connectivity index (χ1) is 20.1. The number of aryl methyl sites for hydroxylation is 2. The van der Waals surface area contributed by atoms with Crippen molar-refractivity contribution >= 4 is 16.7 Å². The van der Waals surface area contributed by atoms with Gasteiger partial charge in [-0.3, -0.25) is 0 Å². The number of aliphatic hydroxyl groups excluding tert-OH is 1. The third-order valence-electron chi connectivity index (χ3n) is 5.27. The molecule has 0 radical (unpaired) electrons. The highest BCUT2D eigenvalue weighted by Gasteiger charge is 2.09. The zero-order valence-corrected chi connectivity index (χ0v) is 26.9. The minimum atomic E-state index is -0.775. The van der Waals surface area contributed by atoms with Crippen LogP contribution >= 0.6 is 0 Å². The van der Waals surface area contributed by atoms with Gasteiger partial charge in [0.05, 0.1) is 12.2 Å². The Morgan fingerprint density at radius 3 is 1.32 bits per heavy atom. The van der Waals surface area contributed by atoms with Crippen molar-refractivity contribution in [3.8, 4) is 0 Å². The lowest BCUT2D eigenvalue weighted by Gasteiger charge is -2.09. The smallest absolute Gasteiger partial charge is 0.338 e. The van der Waals surface area contributed by atoms with E-state index in [1.165, 1.54) is 29.0 Å². The molecule has 0 bridgehead atoms. The fourth-order valence-electron chi connectivity index (χ4n) is 3.21. The summed E-state index contributed by atoms with van der Waals surface area (Å²) in [6, 6.07) is 34.2. The van der Waals surface area contributed by atoms with Gasteiger partial charge in [-0.1, -0.05) is 146 Å². The van der Waals surface area contributed by atoms with Crippen molar-refractivity contribution in [2.45, 2.75) is 74.3 Å². The highest BCUT2D eigenvalue weighted by Crippen LogP contribution is 2.11. The molecule has 1 unspecified atom stereocenters. The van der Waals surface area contributed by atoms with Crippen molar-refractivity contribution in [2.24, 2.45) is 0 Å². The summed E-state index contributed by atoms with van der Waals surface area (Å²) in [4.78, 5) is 11.4. The molecule has 0 heterocycles. The number of carbonyl (C=O) groups excluding carboxylic acids is 1. The molecule has 0 aliphatic rings. The van der Waals surface area contributed by atoms with Gasteiger partial charge >= 0.3 is 5.97 Å². The predicted molar refractivity (Wildman–Crippen MR) is 178 cm³/mol. The number of carbonyl (C=O) groups is 1. The molecule has 1 atom stereocenters. The van der Waals surface area contributed by atoms with Crippen LogP contribution in [0.25, 0.3) is 10.8 Å². The van der Waals surface area contributed by atoms with Crippen LogP contribution in [0.4, 0.5) is 0 Å². The van der Waals surface area contributed by atoms with E-state index in [4.69, 9.17) is 9.47 Å². The zero-order chi connectivity index (χ0) is 31.3. The highest BCUT2D eigenvalue weighted by molar-refractivity contribution is 5.89. The quantitative estimate of drug-likeness (QED) is 0.228. The van der Waals surface area contributed by atoms with Crippen molar-refractivity contribution in [1.82, 2.24) is 0 Å². The van der Waals surface area contributed by atoms with Gasteiger partial charge < -0.3 is 14.6 Å². The molecular weight excluding hydrogens is 508 g/mol. The molecule has 226 valence electrons. The number of ether oxygens (including phenoxy) is 2. The fraction of sp³-hybridized carbons (Fsp3) is 0.378. The Balaban J connectivity index is 0. The number of benzene rings is 4. The molecule has 0 amide bonds. The summed E-state index contributed by atoms with van der Waals surface area (Å²) < 4.78 is 9.57. The second-order valence-corrected chi connectivity index (χ2v) is 7.94. The van der Waals surface area contributed by atoms with E-state index in [1.807, 2.05) is 47.6 Å². The summed E-state index contributed by atoms with van der Waals surface area (Å²) >= 11 is 0. The molecule has 0 saturated heterocycles. The van der Waals surface area contributed by atoms with Gasteiger partial charge in [0.2, 0.25) is 0 Å². The van der Waals surface area contributed by atoms with Crippen LogP contribution in [0.2, 0.25) is 0 Å². The van der Waals surface area contributed by atoms with E-state index in [-0.39, 0.29) is 13.2 Å². The Labute approximate surface area is 250 Å². The fourth-order valence-corrected chi connectivity index (χ4v) is 3.21. The first kappa shape index (κ1) is 39.7. The molecular formula is C37H54O4.